The van der Waals surface area contributed by atoms with Gasteiger partial charge in [0.05, 0.1) is 12.0 Å². The number of ether oxygens (including phenoxy) is 1. The van der Waals surface area contributed by atoms with Crippen LogP contribution in [-0.2, 0) is 21.2 Å². The maximum atomic E-state index is 12.8. The molecular formula is C21H25ClN2O4S. The van der Waals surface area contributed by atoms with Crippen molar-refractivity contribution in [2.24, 2.45) is 5.92 Å². The van der Waals surface area contributed by atoms with Crippen LogP contribution in [0.3, 0.4) is 0 Å². The van der Waals surface area contributed by atoms with Gasteiger partial charge in [0.15, 0.2) is 0 Å². The molecule has 156 valence electrons. The SMILES string of the molecule is COc1ccc(S(=O)(=O)N2CCC(C(=O)NCCc3ccc(Cl)cc3)CC2)cc1. The van der Waals surface area contributed by atoms with Crippen LogP contribution in [0.4, 0.5) is 0 Å². The number of methoxy groups -OCH3 is 1. The van der Waals surface area contributed by atoms with E-state index in [4.69, 9.17) is 16.3 Å². The summed E-state index contributed by atoms with van der Waals surface area (Å²) >= 11 is 5.87. The summed E-state index contributed by atoms with van der Waals surface area (Å²) in [5.41, 5.74) is 1.11. The Morgan fingerprint density at radius 2 is 1.72 bits per heavy atom. The van der Waals surface area contributed by atoms with Gasteiger partial charge in [0.2, 0.25) is 15.9 Å². The van der Waals surface area contributed by atoms with Gasteiger partial charge in [-0.15, -0.1) is 0 Å². The highest BCUT2D eigenvalue weighted by Crippen LogP contribution is 2.25. The third-order valence-corrected chi connectivity index (χ3v) is 7.31. The molecule has 1 heterocycles. The van der Waals surface area contributed by atoms with Gasteiger partial charge in [-0.3, -0.25) is 4.79 Å². The molecule has 0 spiro atoms. The Balaban J connectivity index is 1.48. The number of amides is 1. The van der Waals surface area contributed by atoms with Crippen molar-refractivity contribution in [1.29, 1.82) is 0 Å². The summed E-state index contributed by atoms with van der Waals surface area (Å²) in [5.74, 6) is 0.431. The van der Waals surface area contributed by atoms with Gasteiger partial charge in [-0.1, -0.05) is 23.7 Å². The standard InChI is InChI=1S/C21H25ClN2O4S/c1-28-19-6-8-20(9-7-19)29(26,27)24-14-11-17(12-15-24)21(25)23-13-10-16-2-4-18(22)5-3-16/h2-9,17H,10-15H2,1H3,(H,23,25). The van der Waals surface area contributed by atoms with Crippen molar-refractivity contribution in [2.45, 2.75) is 24.2 Å². The van der Waals surface area contributed by atoms with Gasteiger partial charge in [-0.05, 0) is 61.2 Å². The molecule has 1 amide bonds. The first-order chi connectivity index (χ1) is 13.9. The van der Waals surface area contributed by atoms with E-state index in [1.165, 1.54) is 11.4 Å². The number of hydrogen-bond acceptors (Lipinski definition) is 4. The van der Waals surface area contributed by atoms with E-state index in [2.05, 4.69) is 5.32 Å². The molecule has 0 radical (unpaired) electrons. The number of carbonyl (C=O) groups is 1. The average molecular weight is 437 g/mol. The van der Waals surface area contributed by atoms with Crippen molar-refractivity contribution in [3.63, 3.8) is 0 Å². The zero-order chi connectivity index (χ0) is 20.9. The van der Waals surface area contributed by atoms with Gasteiger partial charge in [0.1, 0.15) is 5.75 Å². The number of hydrogen-bond donors (Lipinski definition) is 1. The van der Waals surface area contributed by atoms with Crippen LogP contribution in [-0.4, -0.2) is 45.4 Å². The molecule has 0 atom stereocenters. The number of nitrogens with one attached hydrogen (secondary N) is 1. The van der Waals surface area contributed by atoms with Crippen molar-refractivity contribution >= 4 is 27.5 Å². The summed E-state index contributed by atoms with van der Waals surface area (Å²) in [6.07, 6.45) is 1.76. The summed E-state index contributed by atoms with van der Waals surface area (Å²) in [5, 5.41) is 3.65. The minimum absolute atomic E-state index is 0.0135. The van der Waals surface area contributed by atoms with Crippen molar-refractivity contribution in [3.8, 4) is 5.75 Å². The van der Waals surface area contributed by atoms with Crippen LogP contribution < -0.4 is 10.1 Å². The molecule has 1 N–H and O–H groups in total. The predicted octanol–water partition coefficient (Wildman–Crippen LogP) is 3.11. The second-order valence-electron chi connectivity index (χ2n) is 7.02. The summed E-state index contributed by atoms with van der Waals surface area (Å²) in [4.78, 5) is 12.7. The van der Waals surface area contributed by atoms with Crippen molar-refractivity contribution < 1.29 is 17.9 Å². The molecule has 1 aliphatic heterocycles. The third kappa shape index (κ3) is 5.50. The van der Waals surface area contributed by atoms with Crippen molar-refractivity contribution in [3.05, 3.63) is 59.1 Å². The van der Waals surface area contributed by atoms with E-state index in [0.717, 1.165) is 12.0 Å². The zero-order valence-electron chi connectivity index (χ0n) is 16.3. The largest absolute Gasteiger partial charge is 0.497 e. The van der Waals surface area contributed by atoms with Gasteiger partial charge in [-0.2, -0.15) is 4.31 Å². The molecule has 1 fully saturated rings. The lowest BCUT2D eigenvalue weighted by molar-refractivity contribution is -0.126. The smallest absolute Gasteiger partial charge is 0.243 e. The summed E-state index contributed by atoms with van der Waals surface area (Å²) in [7, 11) is -2.02. The molecule has 0 saturated carbocycles. The van der Waals surface area contributed by atoms with E-state index in [0.29, 0.717) is 43.2 Å². The number of sulfonamides is 1. The molecule has 1 aliphatic rings. The fourth-order valence-corrected chi connectivity index (χ4v) is 4.98. The van der Waals surface area contributed by atoms with E-state index in [1.54, 1.807) is 24.3 Å². The molecule has 0 aliphatic carbocycles. The third-order valence-electron chi connectivity index (χ3n) is 5.15. The summed E-state index contributed by atoms with van der Waals surface area (Å²) < 4.78 is 32.1. The molecule has 2 aromatic rings. The first kappa shape index (κ1) is 21.6. The number of piperidine rings is 1. The minimum atomic E-state index is -3.56. The molecule has 0 aromatic heterocycles. The second kappa shape index (κ2) is 9.61. The average Bonchev–Trinajstić information content (AvgIpc) is 2.75. The monoisotopic (exact) mass is 436 g/mol. The Morgan fingerprint density at radius 3 is 2.31 bits per heavy atom. The molecule has 2 aromatic carbocycles. The highest BCUT2D eigenvalue weighted by atomic mass is 35.5. The lowest BCUT2D eigenvalue weighted by Gasteiger charge is -2.30. The van der Waals surface area contributed by atoms with Crippen molar-refractivity contribution in [2.75, 3.05) is 26.7 Å². The molecular weight excluding hydrogens is 412 g/mol. The highest BCUT2D eigenvalue weighted by molar-refractivity contribution is 7.89. The lowest BCUT2D eigenvalue weighted by atomic mass is 9.97. The number of carbonyl (C=O) groups excluding carboxylic acids is 1. The van der Waals surface area contributed by atoms with Crippen LogP contribution in [0.5, 0.6) is 5.75 Å². The number of halogens is 1. The maximum absolute atomic E-state index is 12.8. The Morgan fingerprint density at radius 1 is 1.10 bits per heavy atom. The minimum Gasteiger partial charge on any atom is -0.497 e. The molecule has 29 heavy (non-hydrogen) atoms. The first-order valence-corrected chi connectivity index (χ1v) is 11.4. The fraction of sp³-hybridized carbons (Fsp3) is 0.381. The van der Waals surface area contributed by atoms with Crippen LogP contribution in [0.2, 0.25) is 5.02 Å². The van der Waals surface area contributed by atoms with Gasteiger partial charge >= 0.3 is 0 Å². The first-order valence-electron chi connectivity index (χ1n) is 9.56. The zero-order valence-corrected chi connectivity index (χ0v) is 17.9. The quantitative estimate of drug-likeness (QED) is 0.723. The van der Waals surface area contributed by atoms with Crippen LogP contribution in [0.15, 0.2) is 53.4 Å². The fourth-order valence-electron chi connectivity index (χ4n) is 3.38. The number of rotatable bonds is 7. The predicted molar refractivity (Wildman–Crippen MR) is 113 cm³/mol. The number of nitrogens with zero attached hydrogens (tertiary/aromatic N) is 1. The Labute approximate surface area is 176 Å². The molecule has 6 nitrogen and oxygen atoms in total. The van der Waals surface area contributed by atoms with Crippen molar-refractivity contribution in [1.82, 2.24) is 9.62 Å². The lowest BCUT2D eigenvalue weighted by Crippen LogP contribution is -2.43. The Hall–Kier alpha value is -2.09. The second-order valence-corrected chi connectivity index (χ2v) is 9.40. The highest BCUT2D eigenvalue weighted by Gasteiger charge is 2.31. The van der Waals surface area contributed by atoms with E-state index >= 15 is 0 Å². The van der Waals surface area contributed by atoms with Crippen LogP contribution in [0.1, 0.15) is 18.4 Å². The molecule has 0 bridgehead atoms. The van der Waals surface area contributed by atoms with Crippen LogP contribution in [0.25, 0.3) is 0 Å². The summed E-state index contributed by atoms with van der Waals surface area (Å²) in [6, 6.07) is 13.9. The van der Waals surface area contributed by atoms with E-state index < -0.39 is 10.0 Å². The molecule has 3 rings (SSSR count). The maximum Gasteiger partial charge on any atom is 0.243 e. The molecule has 1 saturated heterocycles. The summed E-state index contributed by atoms with van der Waals surface area (Å²) in [6.45, 7) is 1.22. The van der Waals surface area contributed by atoms with Crippen LogP contribution >= 0.6 is 11.6 Å². The van der Waals surface area contributed by atoms with Gasteiger partial charge in [-0.25, -0.2) is 8.42 Å². The molecule has 8 heteroatoms. The van der Waals surface area contributed by atoms with E-state index in [9.17, 15) is 13.2 Å². The van der Waals surface area contributed by atoms with E-state index in [1.807, 2.05) is 24.3 Å². The van der Waals surface area contributed by atoms with Gasteiger partial charge in [0, 0.05) is 30.6 Å². The van der Waals surface area contributed by atoms with E-state index in [-0.39, 0.29) is 16.7 Å². The van der Waals surface area contributed by atoms with Gasteiger partial charge in [0.25, 0.3) is 0 Å². The van der Waals surface area contributed by atoms with Crippen LogP contribution in [0, 0.1) is 5.92 Å². The Kier molecular flexibility index (Phi) is 7.16. The normalized spacial score (nSPS) is 15.8. The Bertz CT molecular complexity index is 922. The molecule has 0 unspecified atom stereocenters. The van der Waals surface area contributed by atoms with Gasteiger partial charge < -0.3 is 10.1 Å². The number of benzene rings is 2. The topological polar surface area (TPSA) is 75.7 Å².